The first kappa shape index (κ1) is 11.3. The Morgan fingerprint density at radius 2 is 1.94 bits per heavy atom. The molecule has 88 valence electrons. The zero-order valence-electron chi connectivity index (χ0n) is 8.87. The number of halogens is 2. The van der Waals surface area contributed by atoms with Crippen LogP contribution in [-0.2, 0) is 0 Å². The molecule has 17 heavy (non-hydrogen) atoms. The van der Waals surface area contributed by atoms with Crippen molar-refractivity contribution in [2.24, 2.45) is 0 Å². The first-order valence-electron chi connectivity index (χ1n) is 4.73. The van der Waals surface area contributed by atoms with E-state index in [1.807, 2.05) is 0 Å². The van der Waals surface area contributed by atoms with Gasteiger partial charge >= 0.3 is 0 Å². The van der Waals surface area contributed by atoms with Gasteiger partial charge in [-0.1, -0.05) is 0 Å². The third-order valence-corrected chi connectivity index (χ3v) is 2.32. The third-order valence-electron chi connectivity index (χ3n) is 2.32. The summed E-state index contributed by atoms with van der Waals surface area (Å²) in [4.78, 5) is 10.6. The summed E-state index contributed by atoms with van der Waals surface area (Å²) >= 11 is 0. The zero-order valence-corrected chi connectivity index (χ0v) is 8.87. The number of ether oxygens (including phenoxy) is 1. The molecule has 0 spiro atoms. The summed E-state index contributed by atoms with van der Waals surface area (Å²) in [5.74, 6) is -1.68. The second kappa shape index (κ2) is 4.37. The molecule has 0 aliphatic rings. The van der Waals surface area contributed by atoms with Crippen molar-refractivity contribution < 1.29 is 22.7 Å². The molecule has 0 radical (unpaired) electrons. The van der Waals surface area contributed by atoms with Gasteiger partial charge in [-0.05, 0) is 6.07 Å². The number of aldehydes is 1. The number of methoxy groups -OCH3 is 1. The van der Waals surface area contributed by atoms with E-state index in [1.165, 1.54) is 19.4 Å². The molecule has 0 fully saturated rings. The molecule has 3 nitrogen and oxygen atoms in total. The van der Waals surface area contributed by atoms with Crippen LogP contribution in [0.5, 0.6) is 5.75 Å². The molecule has 2 aromatic rings. The molecular weight excluding hydrogens is 230 g/mol. The molecule has 0 aliphatic heterocycles. The summed E-state index contributed by atoms with van der Waals surface area (Å²) in [7, 11) is 1.31. The van der Waals surface area contributed by atoms with Gasteiger partial charge < -0.3 is 9.15 Å². The predicted octanol–water partition coefficient (Wildman–Crippen LogP) is 3.05. The lowest BCUT2D eigenvalue weighted by molar-refractivity contribution is 0.110. The van der Waals surface area contributed by atoms with Gasteiger partial charge in [0.1, 0.15) is 17.4 Å². The molecule has 5 heteroatoms. The van der Waals surface area contributed by atoms with E-state index in [-0.39, 0.29) is 22.6 Å². The van der Waals surface area contributed by atoms with E-state index in [1.54, 1.807) is 0 Å². The van der Waals surface area contributed by atoms with Gasteiger partial charge in [0.2, 0.25) is 0 Å². The van der Waals surface area contributed by atoms with Gasteiger partial charge in [0.15, 0.2) is 12.0 Å². The van der Waals surface area contributed by atoms with Gasteiger partial charge in [0.25, 0.3) is 0 Å². The quantitative estimate of drug-likeness (QED) is 0.771. The fraction of sp³-hybridized carbons (Fsp3) is 0.0833. The lowest BCUT2D eigenvalue weighted by Gasteiger charge is -2.06. The summed E-state index contributed by atoms with van der Waals surface area (Å²) in [5.41, 5.74) is -0.223. The van der Waals surface area contributed by atoms with Crippen molar-refractivity contribution in [1.82, 2.24) is 0 Å². The van der Waals surface area contributed by atoms with Gasteiger partial charge in [0, 0.05) is 17.7 Å². The molecule has 1 aromatic carbocycles. The van der Waals surface area contributed by atoms with Gasteiger partial charge in [0.05, 0.1) is 18.9 Å². The summed E-state index contributed by atoms with van der Waals surface area (Å²) in [5, 5.41) is 0. The zero-order chi connectivity index (χ0) is 12.4. The van der Waals surface area contributed by atoms with E-state index < -0.39 is 11.6 Å². The van der Waals surface area contributed by atoms with Crippen molar-refractivity contribution in [3.63, 3.8) is 0 Å². The Kier molecular flexibility index (Phi) is 2.91. The van der Waals surface area contributed by atoms with E-state index >= 15 is 0 Å². The van der Waals surface area contributed by atoms with Gasteiger partial charge in [-0.2, -0.15) is 0 Å². The number of rotatable bonds is 3. The van der Waals surface area contributed by atoms with Crippen LogP contribution in [0.15, 0.2) is 28.9 Å². The standard InChI is InChI=1S/C12H8F2O3/c1-16-7-4-9(13)12(10(14)5-7)8-2-3-17-11(8)6-15/h2-6H,1H3. The first-order chi connectivity index (χ1) is 8.17. The number of hydrogen-bond acceptors (Lipinski definition) is 3. The lowest BCUT2D eigenvalue weighted by Crippen LogP contribution is -1.94. The third kappa shape index (κ3) is 1.91. The fourth-order valence-corrected chi connectivity index (χ4v) is 1.54. The van der Waals surface area contributed by atoms with Crippen LogP contribution in [0.2, 0.25) is 0 Å². The minimum Gasteiger partial charge on any atom is -0.497 e. The lowest BCUT2D eigenvalue weighted by atomic mass is 10.1. The van der Waals surface area contributed by atoms with Crippen molar-refractivity contribution in [3.8, 4) is 16.9 Å². The summed E-state index contributed by atoms with van der Waals surface area (Å²) < 4.78 is 36.9. The van der Waals surface area contributed by atoms with Gasteiger partial charge in [-0.3, -0.25) is 4.79 Å². The molecule has 0 amide bonds. The Morgan fingerprint density at radius 1 is 1.29 bits per heavy atom. The molecule has 1 heterocycles. The Balaban J connectivity index is 2.64. The minimum absolute atomic E-state index is 0.0693. The maximum Gasteiger partial charge on any atom is 0.185 e. The summed E-state index contributed by atoms with van der Waals surface area (Å²) in [6.07, 6.45) is 1.60. The van der Waals surface area contributed by atoms with Crippen molar-refractivity contribution in [2.45, 2.75) is 0 Å². The van der Waals surface area contributed by atoms with E-state index in [9.17, 15) is 13.6 Å². The first-order valence-corrected chi connectivity index (χ1v) is 4.73. The highest BCUT2D eigenvalue weighted by Crippen LogP contribution is 2.31. The van der Waals surface area contributed by atoms with Gasteiger partial charge in [-0.25, -0.2) is 8.78 Å². The van der Waals surface area contributed by atoms with Crippen LogP contribution < -0.4 is 4.74 Å². The SMILES string of the molecule is COc1cc(F)c(-c2ccoc2C=O)c(F)c1. The van der Waals surface area contributed by atoms with E-state index in [0.29, 0.717) is 6.29 Å². The van der Waals surface area contributed by atoms with E-state index in [4.69, 9.17) is 9.15 Å². The molecule has 0 saturated carbocycles. The van der Waals surface area contributed by atoms with Crippen molar-refractivity contribution >= 4 is 6.29 Å². The molecule has 2 rings (SSSR count). The van der Waals surface area contributed by atoms with Crippen molar-refractivity contribution in [2.75, 3.05) is 7.11 Å². The molecule has 0 bridgehead atoms. The summed E-state index contributed by atoms with van der Waals surface area (Å²) in [6, 6.07) is 3.41. The van der Waals surface area contributed by atoms with Crippen molar-refractivity contribution in [3.05, 3.63) is 41.9 Å². The van der Waals surface area contributed by atoms with Crippen LogP contribution in [0.4, 0.5) is 8.78 Å². The average Bonchev–Trinajstić information content (AvgIpc) is 2.76. The van der Waals surface area contributed by atoms with Crippen LogP contribution in [0, 0.1) is 11.6 Å². The highest BCUT2D eigenvalue weighted by molar-refractivity contribution is 5.84. The second-order valence-electron chi connectivity index (χ2n) is 3.28. The number of benzene rings is 1. The fourth-order valence-electron chi connectivity index (χ4n) is 1.54. The van der Waals surface area contributed by atoms with Crippen LogP contribution in [-0.4, -0.2) is 13.4 Å². The monoisotopic (exact) mass is 238 g/mol. The van der Waals surface area contributed by atoms with E-state index in [2.05, 4.69) is 0 Å². The maximum absolute atomic E-state index is 13.7. The molecule has 0 aliphatic carbocycles. The number of carbonyl (C=O) groups excluding carboxylic acids is 1. The molecule has 0 unspecified atom stereocenters. The maximum atomic E-state index is 13.7. The molecule has 0 atom stereocenters. The Labute approximate surface area is 95.6 Å². The molecular formula is C12H8F2O3. The molecule has 1 aromatic heterocycles. The highest BCUT2D eigenvalue weighted by Gasteiger charge is 2.18. The van der Waals surface area contributed by atoms with Crippen molar-refractivity contribution in [1.29, 1.82) is 0 Å². The predicted molar refractivity (Wildman–Crippen MR) is 56.0 cm³/mol. The normalized spacial score (nSPS) is 10.3. The topological polar surface area (TPSA) is 39.4 Å². The average molecular weight is 238 g/mol. The number of carbonyl (C=O) groups is 1. The van der Waals surface area contributed by atoms with Crippen LogP contribution in [0.3, 0.4) is 0 Å². The van der Waals surface area contributed by atoms with Crippen LogP contribution in [0.1, 0.15) is 10.6 Å². The second-order valence-corrected chi connectivity index (χ2v) is 3.28. The van der Waals surface area contributed by atoms with Crippen LogP contribution in [0.25, 0.3) is 11.1 Å². The molecule has 0 saturated heterocycles. The summed E-state index contributed by atoms with van der Waals surface area (Å²) in [6.45, 7) is 0. The Morgan fingerprint density at radius 3 is 2.47 bits per heavy atom. The smallest absolute Gasteiger partial charge is 0.185 e. The van der Waals surface area contributed by atoms with E-state index in [0.717, 1.165) is 12.1 Å². The molecule has 0 N–H and O–H groups in total. The Bertz CT molecular complexity index is 538. The minimum atomic E-state index is -0.814. The highest BCUT2D eigenvalue weighted by atomic mass is 19.1. The largest absolute Gasteiger partial charge is 0.497 e. The number of furan rings is 1. The Hall–Kier alpha value is -2.17. The van der Waals surface area contributed by atoms with Gasteiger partial charge in [-0.15, -0.1) is 0 Å². The number of hydrogen-bond donors (Lipinski definition) is 0. The van der Waals surface area contributed by atoms with Crippen LogP contribution >= 0.6 is 0 Å².